The Morgan fingerprint density at radius 1 is 1.07 bits per heavy atom. The second-order valence-electron chi connectivity index (χ2n) is 8.33. The number of rotatable bonds is 5. The number of pyridine rings is 1. The van der Waals surface area contributed by atoms with Gasteiger partial charge in [0.05, 0.1) is 6.54 Å². The first-order valence-electron chi connectivity index (χ1n) is 11.2. The van der Waals surface area contributed by atoms with Gasteiger partial charge in [-0.2, -0.15) is 0 Å². The lowest BCUT2D eigenvalue weighted by atomic mass is 9.99. The summed E-state index contributed by atoms with van der Waals surface area (Å²) < 4.78 is 0. The number of aliphatic imine (C=N–C) groups is 1. The van der Waals surface area contributed by atoms with Gasteiger partial charge in [-0.25, -0.2) is 9.98 Å². The highest BCUT2D eigenvalue weighted by molar-refractivity contribution is 5.80. The van der Waals surface area contributed by atoms with Crippen LogP contribution >= 0.6 is 0 Å². The molecule has 4 rings (SSSR count). The molecule has 2 fully saturated rings. The highest BCUT2D eigenvalue weighted by atomic mass is 15.3. The molecule has 1 N–H and O–H groups in total. The number of nitrogens with zero attached hydrogens (tertiary/aromatic N) is 5. The van der Waals surface area contributed by atoms with Crippen molar-refractivity contribution in [2.45, 2.75) is 25.8 Å². The fourth-order valence-corrected chi connectivity index (χ4v) is 4.27. The predicted molar refractivity (Wildman–Crippen MR) is 124 cm³/mol. The van der Waals surface area contributed by atoms with Crippen LogP contribution in [0.3, 0.4) is 0 Å². The van der Waals surface area contributed by atoms with Crippen LogP contribution in [0.5, 0.6) is 0 Å². The van der Waals surface area contributed by atoms with Crippen molar-refractivity contribution in [3.63, 3.8) is 0 Å². The summed E-state index contributed by atoms with van der Waals surface area (Å²) in [7, 11) is 2.18. The molecule has 6 heteroatoms. The number of likely N-dealkylation sites (tertiary alicyclic amines) is 1. The molecule has 30 heavy (non-hydrogen) atoms. The summed E-state index contributed by atoms with van der Waals surface area (Å²) in [5, 5.41) is 3.48. The van der Waals surface area contributed by atoms with E-state index in [2.05, 4.69) is 76.5 Å². The Labute approximate surface area is 180 Å². The molecule has 0 amide bonds. The van der Waals surface area contributed by atoms with Crippen LogP contribution in [0.1, 0.15) is 30.4 Å². The maximum absolute atomic E-state index is 4.92. The second-order valence-corrected chi connectivity index (χ2v) is 8.33. The Bertz CT molecular complexity index is 811. The molecule has 0 spiro atoms. The molecule has 0 radical (unpaired) electrons. The Balaban J connectivity index is 1.37. The molecular weight excluding hydrogens is 372 g/mol. The van der Waals surface area contributed by atoms with Crippen LogP contribution < -0.4 is 10.2 Å². The van der Waals surface area contributed by atoms with E-state index in [-0.39, 0.29) is 0 Å². The number of hydrogen-bond donors (Lipinski definition) is 1. The first kappa shape index (κ1) is 20.7. The molecule has 2 aliphatic heterocycles. The van der Waals surface area contributed by atoms with Gasteiger partial charge in [0.1, 0.15) is 5.82 Å². The molecule has 6 nitrogen and oxygen atoms in total. The molecule has 1 atom stereocenters. The van der Waals surface area contributed by atoms with E-state index in [9.17, 15) is 0 Å². The van der Waals surface area contributed by atoms with Crippen molar-refractivity contribution in [3.05, 3.63) is 59.8 Å². The van der Waals surface area contributed by atoms with Crippen LogP contribution in [-0.4, -0.2) is 73.6 Å². The van der Waals surface area contributed by atoms with Crippen LogP contribution in [0.25, 0.3) is 0 Å². The van der Waals surface area contributed by atoms with Gasteiger partial charge in [-0.15, -0.1) is 0 Å². The van der Waals surface area contributed by atoms with Crippen molar-refractivity contribution < 1.29 is 0 Å². The zero-order valence-corrected chi connectivity index (χ0v) is 18.3. The normalized spacial score (nSPS) is 20.6. The minimum atomic E-state index is 0.583. The van der Waals surface area contributed by atoms with Gasteiger partial charge >= 0.3 is 0 Å². The van der Waals surface area contributed by atoms with Crippen LogP contribution in [0.4, 0.5) is 5.82 Å². The summed E-state index contributed by atoms with van der Waals surface area (Å²) in [5.41, 5.74) is 2.58. The molecule has 0 bridgehead atoms. The summed E-state index contributed by atoms with van der Waals surface area (Å²) in [6.07, 6.45) is 3.16. The van der Waals surface area contributed by atoms with Gasteiger partial charge in [-0.05, 0) is 37.6 Å². The highest BCUT2D eigenvalue weighted by Gasteiger charge is 2.25. The largest absolute Gasteiger partial charge is 0.357 e. The van der Waals surface area contributed by atoms with E-state index in [1.807, 2.05) is 6.20 Å². The molecule has 0 aliphatic carbocycles. The lowest BCUT2D eigenvalue weighted by Gasteiger charge is -2.33. The molecule has 2 saturated heterocycles. The van der Waals surface area contributed by atoms with Gasteiger partial charge in [-0.1, -0.05) is 36.4 Å². The van der Waals surface area contributed by atoms with Crippen molar-refractivity contribution in [2.24, 2.45) is 4.99 Å². The van der Waals surface area contributed by atoms with Crippen molar-refractivity contribution >= 4 is 11.8 Å². The van der Waals surface area contributed by atoms with Crippen molar-refractivity contribution in [2.75, 3.05) is 57.8 Å². The maximum atomic E-state index is 4.92. The molecule has 1 aromatic carbocycles. The second kappa shape index (κ2) is 9.94. The third kappa shape index (κ3) is 5.11. The number of aromatic nitrogens is 1. The predicted octanol–water partition coefficient (Wildman–Crippen LogP) is 2.79. The maximum Gasteiger partial charge on any atom is 0.194 e. The third-order valence-corrected chi connectivity index (χ3v) is 6.14. The summed E-state index contributed by atoms with van der Waals surface area (Å²) in [6.45, 7) is 10.0. The number of guanidine groups is 1. The lowest BCUT2D eigenvalue weighted by molar-refractivity contribution is 0.312. The number of likely N-dealkylation sites (N-methyl/N-ethyl adjacent to an activating group) is 1. The minimum Gasteiger partial charge on any atom is -0.357 e. The van der Waals surface area contributed by atoms with E-state index in [1.54, 1.807) is 0 Å². The van der Waals surface area contributed by atoms with E-state index < -0.39 is 0 Å². The first-order valence-corrected chi connectivity index (χ1v) is 11.2. The van der Waals surface area contributed by atoms with Gasteiger partial charge in [0.25, 0.3) is 0 Å². The first-order chi connectivity index (χ1) is 14.7. The number of anilines is 1. The molecule has 2 aromatic rings. The fraction of sp³-hybridized carbons (Fsp3) is 0.500. The molecule has 2 aliphatic rings. The number of hydrogen-bond acceptors (Lipinski definition) is 4. The van der Waals surface area contributed by atoms with Gasteiger partial charge in [0.2, 0.25) is 0 Å². The Hall–Kier alpha value is -2.60. The van der Waals surface area contributed by atoms with E-state index in [0.717, 1.165) is 63.2 Å². The van der Waals surface area contributed by atoms with Crippen LogP contribution in [0, 0.1) is 0 Å². The highest BCUT2D eigenvalue weighted by Crippen LogP contribution is 2.27. The summed E-state index contributed by atoms with van der Waals surface area (Å²) in [6, 6.07) is 15.2. The Morgan fingerprint density at radius 2 is 1.87 bits per heavy atom. The molecule has 160 valence electrons. The van der Waals surface area contributed by atoms with Crippen LogP contribution in [0.2, 0.25) is 0 Å². The number of nitrogens with one attached hydrogen (secondary N) is 1. The van der Waals surface area contributed by atoms with Gasteiger partial charge < -0.3 is 20.0 Å². The van der Waals surface area contributed by atoms with Gasteiger partial charge in [0.15, 0.2) is 5.96 Å². The summed E-state index contributed by atoms with van der Waals surface area (Å²) in [5.74, 6) is 2.67. The zero-order chi connectivity index (χ0) is 20.8. The topological polar surface area (TPSA) is 47.0 Å². The lowest BCUT2D eigenvalue weighted by Crippen LogP contribution is -2.44. The van der Waals surface area contributed by atoms with E-state index in [4.69, 9.17) is 9.98 Å². The average molecular weight is 407 g/mol. The van der Waals surface area contributed by atoms with E-state index in [1.165, 1.54) is 12.0 Å². The smallest absolute Gasteiger partial charge is 0.194 e. The van der Waals surface area contributed by atoms with Crippen molar-refractivity contribution in [1.29, 1.82) is 0 Å². The van der Waals surface area contributed by atoms with E-state index >= 15 is 0 Å². The van der Waals surface area contributed by atoms with Crippen molar-refractivity contribution in [3.8, 4) is 0 Å². The van der Waals surface area contributed by atoms with Crippen LogP contribution in [-0.2, 0) is 6.54 Å². The molecule has 0 saturated carbocycles. The van der Waals surface area contributed by atoms with Gasteiger partial charge in [-0.3, -0.25) is 0 Å². The zero-order valence-electron chi connectivity index (χ0n) is 18.3. The van der Waals surface area contributed by atoms with Crippen LogP contribution in [0.15, 0.2) is 53.7 Å². The Kier molecular flexibility index (Phi) is 6.84. The average Bonchev–Trinajstić information content (AvgIpc) is 3.28. The fourth-order valence-electron chi connectivity index (χ4n) is 4.27. The number of benzene rings is 1. The third-order valence-electron chi connectivity index (χ3n) is 6.14. The molecule has 1 aromatic heterocycles. The number of piperazine rings is 1. The van der Waals surface area contributed by atoms with Gasteiger partial charge in [0, 0.05) is 57.9 Å². The van der Waals surface area contributed by atoms with Crippen molar-refractivity contribution in [1.82, 2.24) is 20.1 Å². The quantitative estimate of drug-likeness (QED) is 0.611. The standard InChI is InChI=1S/C24H34N6/c1-3-25-24(30-12-11-22(19-30)21-7-5-4-6-8-21)27-18-20-9-10-23(26-17-20)29-15-13-28(2)14-16-29/h4-10,17,22H,3,11-16,18-19H2,1-2H3,(H,25,27). The Morgan fingerprint density at radius 3 is 2.57 bits per heavy atom. The molecule has 1 unspecified atom stereocenters. The summed E-state index contributed by atoms with van der Waals surface area (Å²) >= 11 is 0. The SMILES string of the molecule is CCNC(=NCc1ccc(N2CCN(C)CC2)nc1)N1CCC(c2ccccc2)C1. The molecular formula is C24H34N6. The monoisotopic (exact) mass is 406 g/mol. The van der Waals surface area contributed by atoms with E-state index in [0.29, 0.717) is 12.5 Å². The molecule has 3 heterocycles. The minimum absolute atomic E-state index is 0.583. The summed E-state index contributed by atoms with van der Waals surface area (Å²) in [4.78, 5) is 16.7.